The van der Waals surface area contributed by atoms with Crippen molar-refractivity contribution < 1.29 is 4.74 Å². The maximum atomic E-state index is 6.38. The number of hydrogen-bond acceptors (Lipinski definition) is 3. The van der Waals surface area contributed by atoms with E-state index in [4.69, 9.17) is 9.72 Å². The Morgan fingerprint density at radius 3 is 2.79 bits per heavy atom. The molecule has 1 spiro atoms. The Kier molecular flexibility index (Phi) is 3.92. The highest BCUT2D eigenvalue weighted by Gasteiger charge is 2.51. The molecule has 126 valence electrons. The molecule has 2 saturated heterocycles. The molecule has 2 bridgehead atoms. The minimum absolute atomic E-state index is 0. The third-order valence-corrected chi connectivity index (χ3v) is 5.92. The fourth-order valence-electron chi connectivity index (χ4n) is 4.58. The van der Waals surface area contributed by atoms with Gasteiger partial charge in [0.05, 0.1) is 11.4 Å². The highest BCUT2D eigenvalue weighted by atomic mass is 79.9. The predicted octanol–water partition coefficient (Wildman–Crippen LogP) is 4.03. The van der Waals surface area contributed by atoms with Crippen LogP contribution < -0.4 is 4.74 Å². The summed E-state index contributed by atoms with van der Waals surface area (Å²) < 4.78 is 6.38. The second kappa shape index (κ2) is 5.85. The van der Waals surface area contributed by atoms with Crippen molar-refractivity contribution in [3.8, 4) is 17.0 Å². The van der Waals surface area contributed by atoms with Gasteiger partial charge in [0.15, 0.2) is 0 Å². The summed E-state index contributed by atoms with van der Waals surface area (Å²) in [6.45, 7) is 5.73. The average molecular weight is 387 g/mol. The Labute approximate surface area is 153 Å². The van der Waals surface area contributed by atoms with Crippen LogP contribution in [-0.2, 0) is 6.42 Å². The molecule has 24 heavy (non-hydrogen) atoms. The smallest absolute Gasteiger partial charge is 0.141 e. The highest BCUT2D eigenvalue weighted by molar-refractivity contribution is 8.93. The van der Waals surface area contributed by atoms with E-state index < -0.39 is 0 Å². The Morgan fingerprint density at radius 2 is 1.96 bits per heavy atom. The quantitative estimate of drug-likeness (QED) is 0.739. The van der Waals surface area contributed by atoms with Crippen LogP contribution in [0.25, 0.3) is 11.3 Å². The second-order valence-electron chi connectivity index (χ2n) is 7.47. The molecule has 0 N–H and O–H groups in total. The molecule has 0 saturated carbocycles. The second-order valence-corrected chi connectivity index (χ2v) is 7.47. The maximum absolute atomic E-state index is 6.38. The van der Waals surface area contributed by atoms with Crippen molar-refractivity contribution in [1.82, 2.24) is 9.88 Å². The van der Waals surface area contributed by atoms with Crippen LogP contribution in [0, 0.1) is 12.3 Å². The van der Waals surface area contributed by atoms with E-state index in [1.807, 2.05) is 0 Å². The lowest BCUT2D eigenvalue weighted by Gasteiger charge is -2.44. The number of fused-ring (bicyclic) bond motifs is 2. The van der Waals surface area contributed by atoms with E-state index in [2.05, 4.69) is 48.2 Å². The van der Waals surface area contributed by atoms with Crippen molar-refractivity contribution in [2.75, 3.05) is 19.6 Å². The van der Waals surface area contributed by atoms with E-state index in [9.17, 15) is 0 Å². The summed E-state index contributed by atoms with van der Waals surface area (Å²) in [6.07, 6.45) is 3.89. The Morgan fingerprint density at radius 1 is 1.12 bits per heavy atom. The Hall–Kier alpha value is -1.39. The van der Waals surface area contributed by atoms with Gasteiger partial charge in [-0.05, 0) is 38.4 Å². The molecule has 4 heterocycles. The lowest BCUT2D eigenvalue weighted by molar-refractivity contribution is -0.00186. The largest absolute Gasteiger partial charge is 0.488 e. The van der Waals surface area contributed by atoms with Crippen molar-refractivity contribution in [1.29, 1.82) is 0 Å². The molecule has 0 aliphatic carbocycles. The van der Waals surface area contributed by atoms with Gasteiger partial charge in [-0.3, -0.25) is 0 Å². The summed E-state index contributed by atoms with van der Waals surface area (Å²) >= 11 is 0. The van der Waals surface area contributed by atoms with Gasteiger partial charge < -0.3 is 9.64 Å². The van der Waals surface area contributed by atoms with Gasteiger partial charge >= 0.3 is 0 Å². The summed E-state index contributed by atoms with van der Waals surface area (Å²) in [5.74, 6) is 1.01. The van der Waals surface area contributed by atoms with Gasteiger partial charge in [0.2, 0.25) is 0 Å². The molecule has 2 fully saturated rings. The van der Waals surface area contributed by atoms with Crippen molar-refractivity contribution in [3.63, 3.8) is 0 Å². The third-order valence-electron chi connectivity index (χ3n) is 5.92. The number of benzene rings is 1. The Balaban J connectivity index is 0.00000146. The van der Waals surface area contributed by atoms with E-state index >= 15 is 0 Å². The predicted molar refractivity (Wildman–Crippen MR) is 101 cm³/mol. The molecule has 3 nitrogen and oxygen atoms in total. The van der Waals surface area contributed by atoms with Crippen molar-refractivity contribution in [2.45, 2.75) is 32.3 Å². The van der Waals surface area contributed by atoms with Gasteiger partial charge in [0, 0.05) is 30.5 Å². The fourth-order valence-corrected chi connectivity index (χ4v) is 4.58. The maximum Gasteiger partial charge on any atom is 0.141 e. The molecule has 1 aromatic carbocycles. The van der Waals surface area contributed by atoms with Gasteiger partial charge in [-0.15, -0.1) is 17.0 Å². The third kappa shape index (κ3) is 2.47. The zero-order chi connectivity index (χ0) is 15.4. The van der Waals surface area contributed by atoms with E-state index in [0.29, 0.717) is 11.5 Å². The van der Waals surface area contributed by atoms with Crippen LogP contribution in [-0.4, -0.2) is 35.6 Å². The molecule has 3 atom stereocenters. The first-order chi connectivity index (χ1) is 11.2. The number of ether oxygens (including phenoxy) is 1. The van der Waals surface area contributed by atoms with Gasteiger partial charge in [0.25, 0.3) is 0 Å². The van der Waals surface area contributed by atoms with Crippen LogP contribution >= 0.6 is 17.0 Å². The summed E-state index contributed by atoms with van der Waals surface area (Å²) in [5, 5.41) is 0. The molecule has 4 heteroatoms. The van der Waals surface area contributed by atoms with E-state index in [0.717, 1.165) is 23.6 Å². The SMILES string of the molecule is Br.Cc1ccc(-c2ccc3c(n2)C[C@@]24CCN(CCC2O3)C4)cc1. The topological polar surface area (TPSA) is 25.4 Å². The average Bonchev–Trinajstić information content (AvgIpc) is 2.89. The molecule has 3 aliphatic heterocycles. The molecule has 5 rings (SSSR count). The zero-order valence-electron chi connectivity index (χ0n) is 14.0. The summed E-state index contributed by atoms with van der Waals surface area (Å²) in [6, 6.07) is 12.9. The lowest BCUT2D eigenvalue weighted by Crippen LogP contribution is -2.51. The van der Waals surface area contributed by atoms with Gasteiger partial charge in [-0.1, -0.05) is 29.8 Å². The monoisotopic (exact) mass is 386 g/mol. The molecule has 2 aromatic rings. The number of pyridine rings is 1. The van der Waals surface area contributed by atoms with Crippen LogP contribution in [0.4, 0.5) is 0 Å². The summed E-state index contributed by atoms with van der Waals surface area (Å²) in [5.41, 5.74) is 5.00. The first-order valence-corrected chi connectivity index (χ1v) is 8.68. The molecule has 2 unspecified atom stereocenters. The minimum atomic E-state index is 0. The minimum Gasteiger partial charge on any atom is -0.488 e. The first-order valence-electron chi connectivity index (χ1n) is 8.68. The first kappa shape index (κ1) is 16.1. The van der Waals surface area contributed by atoms with Gasteiger partial charge in [-0.2, -0.15) is 0 Å². The fraction of sp³-hybridized carbons (Fsp3) is 0.450. The number of halogens is 1. The number of hydrogen-bond donors (Lipinski definition) is 0. The van der Waals surface area contributed by atoms with Crippen LogP contribution in [0.5, 0.6) is 5.75 Å². The van der Waals surface area contributed by atoms with Crippen molar-refractivity contribution in [3.05, 3.63) is 47.7 Å². The number of rotatable bonds is 1. The van der Waals surface area contributed by atoms with Crippen molar-refractivity contribution >= 4 is 17.0 Å². The highest BCUT2D eigenvalue weighted by Crippen LogP contribution is 2.48. The normalized spacial score (nSPS) is 29.9. The Bertz CT molecular complexity index is 761. The van der Waals surface area contributed by atoms with E-state index in [-0.39, 0.29) is 17.0 Å². The van der Waals surface area contributed by atoms with Crippen LogP contribution in [0.15, 0.2) is 36.4 Å². The lowest BCUT2D eigenvalue weighted by atomic mass is 9.73. The number of aromatic nitrogens is 1. The van der Waals surface area contributed by atoms with Gasteiger partial charge in [0.1, 0.15) is 11.9 Å². The van der Waals surface area contributed by atoms with E-state index in [1.54, 1.807) is 0 Å². The van der Waals surface area contributed by atoms with Crippen LogP contribution in [0.2, 0.25) is 0 Å². The van der Waals surface area contributed by atoms with E-state index in [1.165, 1.54) is 43.6 Å². The molecule has 1 aromatic heterocycles. The molecule has 0 amide bonds. The molecular formula is C20H23BrN2O. The molecule has 3 aliphatic rings. The summed E-state index contributed by atoms with van der Waals surface area (Å²) in [7, 11) is 0. The van der Waals surface area contributed by atoms with Crippen molar-refractivity contribution in [2.24, 2.45) is 5.41 Å². The van der Waals surface area contributed by atoms with Crippen LogP contribution in [0.3, 0.4) is 0 Å². The number of nitrogens with zero attached hydrogens (tertiary/aromatic N) is 2. The standard InChI is InChI=1S/C20H22N2O.BrH/c1-14-2-4-15(5-3-14)16-6-7-18-17(21-16)12-20-9-11-22(13-20)10-8-19(20)23-18;/h2-7,19H,8-13H2,1H3;1H/t19?,20-;/m1./s1. The van der Waals surface area contributed by atoms with Crippen LogP contribution in [0.1, 0.15) is 24.1 Å². The molecule has 0 radical (unpaired) electrons. The van der Waals surface area contributed by atoms with Gasteiger partial charge in [-0.25, -0.2) is 4.98 Å². The zero-order valence-corrected chi connectivity index (χ0v) is 15.7. The number of aryl methyl sites for hydroxylation is 1. The number of piperidine rings is 1. The molecular weight excluding hydrogens is 364 g/mol. The summed E-state index contributed by atoms with van der Waals surface area (Å²) in [4.78, 5) is 7.56.